The van der Waals surface area contributed by atoms with Crippen molar-refractivity contribution in [3.05, 3.63) is 46.2 Å². The van der Waals surface area contributed by atoms with Crippen molar-refractivity contribution in [2.45, 2.75) is 19.4 Å². The first-order valence-electron chi connectivity index (χ1n) is 9.06. The second kappa shape index (κ2) is 9.91. The summed E-state index contributed by atoms with van der Waals surface area (Å²) in [5.74, 6) is 0.264. The molecule has 29 heavy (non-hydrogen) atoms. The second-order valence-electron chi connectivity index (χ2n) is 6.26. The van der Waals surface area contributed by atoms with E-state index in [0.717, 1.165) is 16.0 Å². The molecule has 3 rings (SSSR count). The molecule has 0 atom stereocenters. The molecule has 0 fully saturated rings. The average molecular weight is 415 g/mol. The number of nitrogens with one attached hydrogen (secondary N) is 1. The molecule has 3 heterocycles. The van der Waals surface area contributed by atoms with E-state index < -0.39 is 6.09 Å². The van der Waals surface area contributed by atoms with Gasteiger partial charge in [-0.05, 0) is 30.2 Å². The molecular formula is C20H21N3O5S. The van der Waals surface area contributed by atoms with Crippen LogP contribution in [-0.4, -0.2) is 43.8 Å². The Morgan fingerprint density at radius 2 is 2.31 bits per heavy atom. The summed E-state index contributed by atoms with van der Waals surface area (Å²) in [6.07, 6.45) is 4.90. The number of nitrogens with zero attached hydrogens (tertiary/aromatic N) is 2. The maximum atomic E-state index is 12.3. The van der Waals surface area contributed by atoms with Gasteiger partial charge in [0.25, 0.3) is 0 Å². The lowest BCUT2D eigenvalue weighted by molar-refractivity contribution is -0.111. The van der Waals surface area contributed by atoms with Crippen LogP contribution in [0, 0.1) is 11.3 Å². The van der Waals surface area contributed by atoms with E-state index in [9.17, 15) is 14.9 Å². The van der Waals surface area contributed by atoms with E-state index in [1.54, 1.807) is 30.2 Å². The van der Waals surface area contributed by atoms with Gasteiger partial charge in [-0.25, -0.2) is 4.79 Å². The fourth-order valence-electron chi connectivity index (χ4n) is 2.99. The number of methoxy groups -OCH3 is 1. The van der Waals surface area contributed by atoms with E-state index in [2.05, 4.69) is 11.4 Å². The van der Waals surface area contributed by atoms with Gasteiger partial charge in [0.05, 0.1) is 31.9 Å². The number of hydrogen-bond donors (Lipinski definition) is 1. The highest BCUT2D eigenvalue weighted by molar-refractivity contribution is 7.16. The highest BCUT2D eigenvalue weighted by Crippen LogP contribution is 2.37. The molecule has 0 bridgehead atoms. The van der Waals surface area contributed by atoms with Crippen LogP contribution in [-0.2, 0) is 33.7 Å². The van der Waals surface area contributed by atoms with Crippen molar-refractivity contribution in [3.8, 4) is 6.07 Å². The summed E-state index contributed by atoms with van der Waals surface area (Å²) in [4.78, 5) is 27.0. The smallest absolute Gasteiger partial charge is 0.410 e. The molecule has 152 valence electrons. The number of anilines is 1. The van der Waals surface area contributed by atoms with Gasteiger partial charge < -0.3 is 24.1 Å². The molecule has 0 saturated carbocycles. The number of thiophene rings is 1. The van der Waals surface area contributed by atoms with Crippen molar-refractivity contribution in [2.75, 3.05) is 32.2 Å². The van der Waals surface area contributed by atoms with Gasteiger partial charge in [-0.2, -0.15) is 5.26 Å². The number of carbonyl (C=O) groups excluding carboxylic acids is 2. The van der Waals surface area contributed by atoms with Crippen molar-refractivity contribution < 1.29 is 23.5 Å². The lowest BCUT2D eigenvalue weighted by atomic mass is 10.0. The normalized spacial score (nSPS) is 13.2. The number of furan rings is 1. The zero-order chi connectivity index (χ0) is 20.6. The fraction of sp³-hybridized carbons (Fsp3) is 0.350. The van der Waals surface area contributed by atoms with E-state index >= 15 is 0 Å². The molecule has 0 aliphatic carbocycles. The molecule has 8 nitrogen and oxygen atoms in total. The van der Waals surface area contributed by atoms with E-state index in [0.29, 0.717) is 36.9 Å². The number of ether oxygens (including phenoxy) is 2. The molecular weight excluding hydrogens is 394 g/mol. The van der Waals surface area contributed by atoms with Crippen molar-refractivity contribution in [3.63, 3.8) is 0 Å². The van der Waals surface area contributed by atoms with Crippen molar-refractivity contribution in [1.29, 1.82) is 5.26 Å². The minimum absolute atomic E-state index is 0.196. The van der Waals surface area contributed by atoms with Gasteiger partial charge in [-0.3, -0.25) is 4.79 Å². The fourth-order valence-corrected chi connectivity index (χ4v) is 4.28. The number of nitriles is 1. The van der Waals surface area contributed by atoms with Crippen LogP contribution in [0.2, 0.25) is 0 Å². The highest BCUT2D eigenvalue weighted by atomic mass is 32.1. The third kappa shape index (κ3) is 5.25. The standard InChI is InChI=1S/C20H21N3O5S/c1-26-11-12-28-20(25)23-9-7-15-16(6-8-21)19(29-17(15)13-23)22-18(24)5-4-14-3-2-10-27-14/h2-5,10H,6-7,9,11-13H2,1H3,(H,22,24)/b5-4+. The summed E-state index contributed by atoms with van der Waals surface area (Å²) in [5.41, 5.74) is 1.85. The Morgan fingerprint density at radius 3 is 3.03 bits per heavy atom. The number of carbonyl (C=O) groups is 2. The summed E-state index contributed by atoms with van der Waals surface area (Å²) in [6.45, 7) is 1.44. The van der Waals surface area contributed by atoms with Crippen molar-refractivity contribution >= 4 is 34.4 Å². The van der Waals surface area contributed by atoms with Gasteiger partial charge in [0, 0.05) is 30.2 Å². The summed E-state index contributed by atoms with van der Waals surface area (Å²) < 4.78 is 15.2. The SMILES string of the molecule is COCCOC(=O)N1CCc2c(sc(NC(=O)/C=C/c3ccco3)c2CC#N)C1. The van der Waals surface area contributed by atoms with E-state index in [1.807, 2.05) is 0 Å². The van der Waals surface area contributed by atoms with Crippen LogP contribution < -0.4 is 5.32 Å². The minimum Gasteiger partial charge on any atom is -0.465 e. The van der Waals surface area contributed by atoms with Crippen LogP contribution in [0.25, 0.3) is 6.08 Å². The zero-order valence-electron chi connectivity index (χ0n) is 16.0. The van der Waals surface area contributed by atoms with Crippen molar-refractivity contribution in [1.82, 2.24) is 4.90 Å². The minimum atomic E-state index is -0.394. The van der Waals surface area contributed by atoms with Crippen LogP contribution in [0.3, 0.4) is 0 Å². The molecule has 0 spiro atoms. The van der Waals surface area contributed by atoms with Crippen LogP contribution in [0.1, 0.15) is 21.8 Å². The number of fused-ring (bicyclic) bond motifs is 1. The number of hydrogen-bond acceptors (Lipinski definition) is 7. The quantitative estimate of drug-likeness (QED) is 0.550. The van der Waals surface area contributed by atoms with E-state index in [1.165, 1.54) is 23.7 Å². The summed E-state index contributed by atoms with van der Waals surface area (Å²) >= 11 is 1.39. The zero-order valence-corrected chi connectivity index (χ0v) is 16.8. The largest absolute Gasteiger partial charge is 0.465 e. The predicted molar refractivity (Wildman–Crippen MR) is 107 cm³/mol. The average Bonchev–Trinajstić information content (AvgIpc) is 3.35. The second-order valence-corrected chi connectivity index (χ2v) is 7.37. The Bertz CT molecular complexity index is 927. The Hall–Kier alpha value is -3.09. The molecule has 1 N–H and O–H groups in total. The maximum Gasteiger partial charge on any atom is 0.410 e. The Balaban J connectivity index is 1.71. The summed E-state index contributed by atoms with van der Waals surface area (Å²) in [7, 11) is 1.54. The highest BCUT2D eigenvalue weighted by Gasteiger charge is 2.27. The molecule has 1 aliphatic rings. The van der Waals surface area contributed by atoms with Crippen LogP contribution in [0.15, 0.2) is 28.9 Å². The van der Waals surface area contributed by atoms with Crippen LogP contribution in [0.4, 0.5) is 9.80 Å². The first-order chi connectivity index (χ1) is 14.1. The maximum absolute atomic E-state index is 12.3. The van der Waals surface area contributed by atoms with Gasteiger partial charge in [0.2, 0.25) is 5.91 Å². The molecule has 0 radical (unpaired) electrons. The Labute approximate surface area is 172 Å². The van der Waals surface area contributed by atoms with Gasteiger partial charge in [-0.15, -0.1) is 11.3 Å². The van der Waals surface area contributed by atoms with Gasteiger partial charge >= 0.3 is 6.09 Å². The summed E-state index contributed by atoms with van der Waals surface area (Å²) in [5, 5.41) is 12.7. The third-order valence-corrected chi connectivity index (χ3v) is 5.55. The van der Waals surface area contributed by atoms with Crippen LogP contribution in [0.5, 0.6) is 0 Å². The monoisotopic (exact) mass is 415 g/mol. The van der Waals surface area contributed by atoms with E-state index in [-0.39, 0.29) is 18.9 Å². The van der Waals surface area contributed by atoms with Gasteiger partial charge in [-0.1, -0.05) is 0 Å². The Morgan fingerprint density at radius 1 is 1.45 bits per heavy atom. The Kier molecular flexibility index (Phi) is 7.05. The molecule has 1 aliphatic heterocycles. The van der Waals surface area contributed by atoms with Crippen molar-refractivity contribution in [2.24, 2.45) is 0 Å². The molecule has 2 amide bonds. The first kappa shape index (κ1) is 20.6. The first-order valence-corrected chi connectivity index (χ1v) is 9.87. The third-order valence-electron chi connectivity index (χ3n) is 4.37. The number of amides is 2. The molecule has 9 heteroatoms. The predicted octanol–water partition coefficient (Wildman–Crippen LogP) is 3.20. The lowest BCUT2D eigenvalue weighted by Crippen LogP contribution is -2.36. The molecule has 0 aromatic carbocycles. The molecule has 0 saturated heterocycles. The number of rotatable bonds is 7. The molecule has 2 aromatic heterocycles. The van der Waals surface area contributed by atoms with E-state index in [4.69, 9.17) is 13.9 Å². The molecule has 0 unspecified atom stereocenters. The topological polar surface area (TPSA) is 105 Å². The van der Waals surface area contributed by atoms with Gasteiger partial charge in [0.1, 0.15) is 17.4 Å². The summed E-state index contributed by atoms with van der Waals surface area (Å²) in [6, 6.07) is 5.64. The van der Waals surface area contributed by atoms with Gasteiger partial charge in [0.15, 0.2) is 0 Å². The molecule has 2 aromatic rings. The lowest BCUT2D eigenvalue weighted by Gasteiger charge is -2.26. The van der Waals surface area contributed by atoms with Crippen LogP contribution >= 0.6 is 11.3 Å².